The Hall–Kier alpha value is -3.38. The molecule has 2 aromatic carbocycles. The molecule has 6 nitrogen and oxygen atoms in total. The fraction of sp³-hybridized carbons (Fsp3) is 0.500. The second-order valence-electron chi connectivity index (χ2n) is 13.0. The number of pyridine rings is 1. The van der Waals surface area contributed by atoms with Gasteiger partial charge in [-0.2, -0.15) is 0 Å². The van der Waals surface area contributed by atoms with E-state index in [9.17, 15) is 9.90 Å². The fourth-order valence-corrected chi connectivity index (χ4v) is 7.99. The average Bonchev–Trinajstić information content (AvgIpc) is 3.82. The summed E-state index contributed by atoms with van der Waals surface area (Å²) in [5.74, 6) is 0.446. The molecule has 4 heterocycles. The average molecular weight is 566 g/mol. The minimum absolute atomic E-state index is 0.0209. The first-order chi connectivity index (χ1) is 20.5. The van der Waals surface area contributed by atoms with E-state index in [1.807, 2.05) is 12.3 Å². The molecule has 2 saturated heterocycles. The molecule has 3 aliphatic heterocycles. The molecule has 220 valence electrons. The quantitative estimate of drug-likeness (QED) is 0.307. The number of aromatic nitrogens is 1. The van der Waals surface area contributed by atoms with E-state index >= 15 is 0 Å². The number of fused-ring (bicyclic) bond motifs is 3. The lowest BCUT2D eigenvalue weighted by molar-refractivity contribution is -0.311. The van der Waals surface area contributed by atoms with Gasteiger partial charge >= 0.3 is 0 Å². The largest absolute Gasteiger partial charge is 0.550 e. The number of carbonyl (C=O) groups is 1. The zero-order valence-electron chi connectivity index (χ0n) is 24.8. The van der Waals surface area contributed by atoms with Crippen LogP contribution in [0, 0.1) is 11.8 Å². The number of benzene rings is 2. The number of ether oxygens (including phenoxy) is 2. The Bertz CT molecular complexity index is 1450. The molecule has 0 radical (unpaired) electrons. The van der Waals surface area contributed by atoms with Crippen LogP contribution in [0.3, 0.4) is 0 Å². The number of hydrogen-bond acceptors (Lipinski definition) is 6. The Balaban J connectivity index is 1.20. The van der Waals surface area contributed by atoms with Crippen molar-refractivity contribution >= 4 is 5.97 Å². The van der Waals surface area contributed by atoms with Crippen LogP contribution in [0.5, 0.6) is 11.6 Å². The SMILES string of the molecule is COc1cc(-c2ccc(C3CCc4ccc([C@H](C5CC5)[C@H](C)C(=O)[O-])cc4O3)cc2CN2C3CCCC2CC3)ccn1. The minimum atomic E-state index is -0.968. The molecule has 1 aliphatic carbocycles. The lowest BCUT2D eigenvalue weighted by atomic mass is 9.82. The van der Waals surface area contributed by atoms with Crippen LogP contribution in [0.1, 0.15) is 92.6 Å². The lowest BCUT2D eigenvalue weighted by Gasteiger charge is -2.35. The molecule has 7 rings (SSSR count). The Morgan fingerprint density at radius 2 is 1.83 bits per heavy atom. The summed E-state index contributed by atoms with van der Waals surface area (Å²) in [5.41, 5.74) is 7.16. The van der Waals surface area contributed by atoms with Crippen molar-refractivity contribution in [3.63, 3.8) is 0 Å². The minimum Gasteiger partial charge on any atom is -0.550 e. The van der Waals surface area contributed by atoms with Crippen molar-refractivity contribution in [1.29, 1.82) is 0 Å². The number of piperidine rings is 1. The molecule has 3 aromatic rings. The van der Waals surface area contributed by atoms with Crippen LogP contribution in [0.2, 0.25) is 0 Å². The van der Waals surface area contributed by atoms with Crippen molar-refractivity contribution in [3.8, 4) is 22.8 Å². The van der Waals surface area contributed by atoms with Gasteiger partial charge in [-0.05, 0) is 109 Å². The molecular weight excluding hydrogens is 524 g/mol. The molecule has 3 fully saturated rings. The molecular formula is C36H41N2O4-. The number of aryl methyl sites for hydroxylation is 1. The van der Waals surface area contributed by atoms with Crippen LogP contribution in [-0.2, 0) is 17.8 Å². The van der Waals surface area contributed by atoms with Crippen molar-refractivity contribution in [2.45, 2.75) is 95.4 Å². The van der Waals surface area contributed by atoms with Gasteiger partial charge in [0.05, 0.1) is 7.11 Å². The first kappa shape index (κ1) is 27.5. The van der Waals surface area contributed by atoms with Gasteiger partial charge in [0.1, 0.15) is 11.9 Å². The van der Waals surface area contributed by atoms with Crippen molar-refractivity contribution in [2.75, 3.05) is 7.11 Å². The van der Waals surface area contributed by atoms with Gasteiger partial charge in [-0.25, -0.2) is 4.98 Å². The highest BCUT2D eigenvalue weighted by Gasteiger charge is 2.38. The Morgan fingerprint density at radius 3 is 2.57 bits per heavy atom. The second-order valence-corrected chi connectivity index (χ2v) is 13.0. The maximum Gasteiger partial charge on any atom is 0.213 e. The first-order valence-corrected chi connectivity index (χ1v) is 15.9. The zero-order valence-corrected chi connectivity index (χ0v) is 24.8. The normalized spacial score (nSPS) is 24.9. The zero-order chi connectivity index (χ0) is 28.8. The smallest absolute Gasteiger partial charge is 0.213 e. The molecule has 0 N–H and O–H groups in total. The van der Waals surface area contributed by atoms with Crippen LogP contribution >= 0.6 is 0 Å². The van der Waals surface area contributed by atoms with Gasteiger partial charge in [-0.1, -0.05) is 43.7 Å². The standard InChI is InChI=1S/C36H42N2O4/c1-22(36(39)40)35(24-7-8-24)27-9-6-23-11-15-32(42-33(23)19-27)26-10-14-31(25-16-17-37-34(20-25)41-2)28(18-26)21-38-29-4-3-5-30(38)13-12-29/h6,9-10,14,16-20,22,24,29-30,32,35H,3-5,7-8,11-13,15,21H2,1-2H3,(H,39,40)/p-1/t22-,29?,30?,32?,35-/m0/s1. The van der Waals surface area contributed by atoms with Gasteiger partial charge in [0.25, 0.3) is 0 Å². The van der Waals surface area contributed by atoms with E-state index in [0.29, 0.717) is 23.9 Å². The van der Waals surface area contributed by atoms with Crippen molar-refractivity contribution in [2.24, 2.45) is 11.8 Å². The van der Waals surface area contributed by atoms with Gasteiger partial charge in [-0.3, -0.25) is 4.90 Å². The van der Waals surface area contributed by atoms with E-state index in [1.54, 1.807) is 14.0 Å². The topological polar surface area (TPSA) is 74.7 Å². The highest BCUT2D eigenvalue weighted by Crippen LogP contribution is 2.48. The summed E-state index contributed by atoms with van der Waals surface area (Å²) in [6, 6.07) is 18.7. The molecule has 1 saturated carbocycles. The predicted octanol–water partition coefficient (Wildman–Crippen LogP) is 6.22. The van der Waals surface area contributed by atoms with Crippen LogP contribution < -0.4 is 14.6 Å². The maximum absolute atomic E-state index is 11.8. The van der Waals surface area contributed by atoms with Crippen molar-refractivity contribution < 1.29 is 19.4 Å². The van der Waals surface area contributed by atoms with Crippen LogP contribution in [0.15, 0.2) is 54.7 Å². The van der Waals surface area contributed by atoms with Crippen LogP contribution in [-0.4, -0.2) is 35.0 Å². The second kappa shape index (κ2) is 11.4. The Morgan fingerprint density at radius 1 is 1.02 bits per heavy atom. The van der Waals surface area contributed by atoms with Crippen molar-refractivity contribution in [3.05, 3.63) is 77.0 Å². The fourth-order valence-electron chi connectivity index (χ4n) is 7.99. The molecule has 42 heavy (non-hydrogen) atoms. The predicted molar refractivity (Wildman–Crippen MR) is 160 cm³/mol. The summed E-state index contributed by atoms with van der Waals surface area (Å²) >= 11 is 0. The monoisotopic (exact) mass is 565 g/mol. The third-order valence-corrected chi connectivity index (χ3v) is 10.4. The van der Waals surface area contributed by atoms with Gasteiger partial charge in [0.15, 0.2) is 0 Å². The third kappa shape index (κ3) is 5.30. The third-order valence-electron chi connectivity index (χ3n) is 10.4. The lowest BCUT2D eigenvalue weighted by Crippen LogP contribution is -2.39. The highest BCUT2D eigenvalue weighted by atomic mass is 16.5. The van der Waals surface area contributed by atoms with Gasteiger partial charge in [0.2, 0.25) is 5.88 Å². The highest BCUT2D eigenvalue weighted by molar-refractivity contribution is 5.69. The summed E-state index contributed by atoms with van der Waals surface area (Å²) < 4.78 is 12.2. The molecule has 4 aliphatic rings. The summed E-state index contributed by atoms with van der Waals surface area (Å²) in [5, 5.41) is 11.8. The number of nitrogens with zero attached hydrogens (tertiary/aromatic N) is 2. The van der Waals surface area contributed by atoms with Gasteiger partial charge in [0, 0.05) is 42.8 Å². The molecule has 1 aromatic heterocycles. The number of carboxylic acids is 1. The van der Waals surface area contributed by atoms with Gasteiger partial charge in [-0.15, -0.1) is 0 Å². The first-order valence-electron chi connectivity index (χ1n) is 15.9. The molecule has 0 amide bonds. The Kier molecular flexibility index (Phi) is 7.43. The number of methoxy groups -OCH3 is 1. The summed E-state index contributed by atoms with van der Waals surface area (Å²) in [6.07, 6.45) is 12.4. The molecule has 5 atom stereocenters. The number of aliphatic carboxylic acids is 1. The molecule has 0 spiro atoms. The van der Waals surface area contributed by atoms with Crippen LogP contribution in [0.4, 0.5) is 0 Å². The number of hydrogen-bond donors (Lipinski definition) is 0. The summed E-state index contributed by atoms with van der Waals surface area (Å²) in [4.78, 5) is 18.9. The Labute approximate surface area is 249 Å². The van der Waals surface area contributed by atoms with Gasteiger partial charge < -0.3 is 19.4 Å². The van der Waals surface area contributed by atoms with Crippen LogP contribution in [0.25, 0.3) is 11.1 Å². The maximum atomic E-state index is 11.8. The molecule has 6 heteroatoms. The van der Waals surface area contributed by atoms with E-state index < -0.39 is 11.9 Å². The molecule has 3 unspecified atom stereocenters. The van der Waals surface area contributed by atoms with E-state index in [0.717, 1.165) is 49.1 Å². The summed E-state index contributed by atoms with van der Waals surface area (Å²) in [7, 11) is 1.66. The van der Waals surface area contributed by atoms with E-state index in [2.05, 4.69) is 52.3 Å². The molecule has 2 bridgehead atoms. The number of carbonyl (C=O) groups excluding carboxylic acids is 1. The van der Waals surface area contributed by atoms with Crippen molar-refractivity contribution in [1.82, 2.24) is 9.88 Å². The van der Waals surface area contributed by atoms with E-state index in [4.69, 9.17) is 9.47 Å². The summed E-state index contributed by atoms with van der Waals surface area (Å²) in [6.45, 7) is 2.73. The number of carboxylic acid groups (broad SMARTS) is 1. The number of rotatable bonds is 9. The van der Waals surface area contributed by atoms with E-state index in [-0.39, 0.29) is 12.0 Å². The van der Waals surface area contributed by atoms with E-state index in [1.165, 1.54) is 54.4 Å².